The van der Waals surface area contributed by atoms with Crippen molar-refractivity contribution in [1.82, 2.24) is 0 Å². The van der Waals surface area contributed by atoms with E-state index in [1.165, 1.54) is 0 Å². The summed E-state index contributed by atoms with van der Waals surface area (Å²) < 4.78 is 5.22. The van der Waals surface area contributed by atoms with Crippen LogP contribution in [-0.4, -0.2) is 12.5 Å². The summed E-state index contributed by atoms with van der Waals surface area (Å²) in [6.45, 7) is 0.290. The van der Waals surface area contributed by atoms with Crippen LogP contribution in [0.25, 0.3) is 0 Å². The molecular weight excluding hydrogens is 168 g/mol. The Morgan fingerprint density at radius 1 is 1.46 bits per heavy atom. The van der Waals surface area contributed by atoms with Crippen molar-refractivity contribution in [3.8, 4) is 5.75 Å². The van der Waals surface area contributed by atoms with E-state index in [2.05, 4.69) is 0 Å². The summed E-state index contributed by atoms with van der Waals surface area (Å²) in [5.41, 5.74) is 11.1. The largest absolute Gasteiger partial charge is 0.493 e. The standard InChI is InChI=1S/C9H12N2O2/c10-7-2-1-3-8(6-7)13-5-4-9(11)12/h1-3,6H,4-5,10H2,(H2,11,12). The van der Waals surface area contributed by atoms with Gasteiger partial charge in [-0.25, -0.2) is 0 Å². The maximum absolute atomic E-state index is 10.4. The molecule has 1 rings (SSSR count). The van der Waals surface area contributed by atoms with Crippen molar-refractivity contribution in [1.29, 1.82) is 0 Å². The Labute approximate surface area is 76.5 Å². The number of carbonyl (C=O) groups excluding carboxylic acids is 1. The van der Waals surface area contributed by atoms with E-state index >= 15 is 0 Å². The van der Waals surface area contributed by atoms with Crippen molar-refractivity contribution in [2.24, 2.45) is 5.73 Å². The van der Waals surface area contributed by atoms with E-state index in [1.54, 1.807) is 24.3 Å². The van der Waals surface area contributed by atoms with Crippen molar-refractivity contribution in [2.75, 3.05) is 12.3 Å². The minimum Gasteiger partial charge on any atom is -0.493 e. The number of hydrogen-bond donors (Lipinski definition) is 2. The highest BCUT2D eigenvalue weighted by atomic mass is 16.5. The smallest absolute Gasteiger partial charge is 0.220 e. The molecule has 0 aliphatic rings. The van der Waals surface area contributed by atoms with Gasteiger partial charge in [-0.2, -0.15) is 0 Å². The van der Waals surface area contributed by atoms with Gasteiger partial charge in [0.05, 0.1) is 13.0 Å². The van der Waals surface area contributed by atoms with Crippen LogP contribution >= 0.6 is 0 Å². The van der Waals surface area contributed by atoms with Crippen LogP contribution in [-0.2, 0) is 4.79 Å². The number of primary amides is 1. The first-order valence-corrected chi connectivity index (χ1v) is 3.95. The summed E-state index contributed by atoms with van der Waals surface area (Å²) in [5.74, 6) is 0.283. The van der Waals surface area contributed by atoms with Crippen molar-refractivity contribution in [3.63, 3.8) is 0 Å². The predicted octanol–water partition coefficient (Wildman–Crippen LogP) is 0.523. The molecule has 4 nitrogen and oxygen atoms in total. The summed E-state index contributed by atoms with van der Waals surface area (Å²) in [6.07, 6.45) is 0.217. The van der Waals surface area contributed by atoms with Gasteiger partial charge in [-0.3, -0.25) is 4.79 Å². The molecule has 1 aromatic rings. The molecule has 1 aromatic carbocycles. The first-order valence-electron chi connectivity index (χ1n) is 3.95. The first-order chi connectivity index (χ1) is 6.18. The van der Waals surface area contributed by atoms with Crippen LogP contribution in [0.4, 0.5) is 5.69 Å². The van der Waals surface area contributed by atoms with Gasteiger partial charge >= 0.3 is 0 Å². The van der Waals surface area contributed by atoms with Crippen molar-refractivity contribution in [3.05, 3.63) is 24.3 Å². The van der Waals surface area contributed by atoms with Gasteiger partial charge in [0.25, 0.3) is 0 Å². The molecule has 0 radical (unpaired) electrons. The zero-order valence-electron chi connectivity index (χ0n) is 7.19. The lowest BCUT2D eigenvalue weighted by Crippen LogP contribution is -2.14. The minimum atomic E-state index is -0.371. The van der Waals surface area contributed by atoms with Gasteiger partial charge in [0.2, 0.25) is 5.91 Å². The molecule has 0 unspecified atom stereocenters. The second kappa shape index (κ2) is 4.35. The number of nitrogens with two attached hydrogens (primary N) is 2. The topological polar surface area (TPSA) is 78.3 Å². The van der Waals surface area contributed by atoms with Gasteiger partial charge < -0.3 is 16.2 Å². The second-order valence-electron chi connectivity index (χ2n) is 2.64. The third-order valence-corrected chi connectivity index (χ3v) is 1.48. The highest BCUT2D eigenvalue weighted by molar-refractivity contribution is 5.73. The summed E-state index contributed by atoms with van der Waals surface area (Å²) in [7, 11) is 0. The molecule has 70 valence electrons. The van der Waals surface area contributed by atoms with Crippen LogP contribution in [0.15, 0.2) is 24.3 Å². The molecule has 0 atom stereocenters. The molecule has 0 heterocycles. The van der Waals surface area contributed by atoms with Crippen LogP contribution in [0.5, 0.6) is 5.75 Å². The third-order valence-electron chi connectivity index (χ3n) is 1.48. The van der Waals surface area contributed by atoms with Crippen LogP contribution in [0.1, 0.15) is 6.42 Å². The Morgan fingerprint density at radius 2 is 2.23 bits per heavy atom. The van der Waals surface area contributed by atoms with Crippen LogP contribution in [0.3, 0.4) is 0 Å². The predicted molar refractivity (Wildman–Crippen MR) is 50.2 cm³/mol. The molecular formula is C9H12N2O2. The molecule has 0 saturated carbocycles. The molecule has 13 heavy (non-hydrogen) atoms. The molecule has 4 N–H and O–H groups in total. The number of amides is 1. The average molecular weight is 180 g/mol. The molecule has 0 fully saturated rings. The monoisotopic (exact) mass is 180 g/mol. The van der Waals surface area contributed by atoms with E-state index in [4.69, 9.17) is 16.2 Å². The summed E-state index contributed by atoms with van der Waals surface area (Å²) in [6, 6.07) is 7.02. The van der Waals surface area contributed by atoms with E-state index in [9.17, 15) is 4.79 Å². The Hall–Kier alpha value is -1.71. The quantitative estimate of drug-likeness (QED) is 0.663. The summed E-state index contributed by atoms with van der Waals surface area (Å²) >= 11 is 0. The number of anilines is 1. The first kappa shape index (κ1) is 9.38. The fourth-order valence-electron chi connectivity index (χ4n) is 0.874. The van der Waals surface area contributed by atoms with Gasteiger partial charge in [0.15, 0.2) is 0 Å². The van der Waals surface area contributed by atoms with E-state index in [1.807, 2.05) is 0 Å². The van der Waals surface area contributed by atoms with Crippen molar-refractivity contribution in [2.45, 2.75) is 6.42 Å². The lowest BCUT2D eigenvalue weighted by molar-refractivity contribution is -0.118. The molecule has 0 aliphatic heterocycles. The molecule has 1 amide bonds. The second-order valence-corrected chi connectivity index (χ2v) is 2.64. The molecule has 0 saturated heterocycles. The number of ether oxygens (including phenoxy) is 1. The third kappa shape index (κ3) is 3.46. The van der Waals surface area contributed by atoms with Crippen molar-refractivity contribution < 1.29 is 9.53 Å². The van der Waals surface area contributed by atoms with Gasteiger partial charge in [0, 0.05) is 11.8 Å². The van der Waals surface area contributed by atoms with Crippen LogP contribution in [0.2, 0.25) is 0 Å². The fraction of sp³-hybridized carbons (Fsp3) is 0.222. The molecule has 0 aromatic heterocycles. The number of rotatable bonds is 4. The normalized spacial score (nSPS) is 9.54. The van der Waals surface area contributed by atoms with Gasteiger partial charge in [-0.15, -0.1) is 0 Å². The number of hydrogen-bond acceptors (Lipinski definition) is 3. The summed E-state index contributed by atoms with van der Waals surface area (Å²) in [5, 5.41) is 0. The van der Waals surface area contributed by atoms with Crippen LogP contribution < -0.4 is 16.2 Å². The zero-order valence-corrected chi connectivity index (χ0v) is 7.19. The number of nitrogen functional groups attached to an aromatic ring is 1. The molecule has 4 heteroatoms. The molecule has 0 bridgehead atoms. The highest BCUT2D eigenvalue weighted by Gasteiger charge is 1.96. The Balaban J connectivity index is 2.41. The Morgan fingerprint density at radius 3 is 2.85 bits per heavy atom. The van der Waals surface area contributed by atoms with E-state index in [-0.39, 0.29) is 12.3 Å². The van der Waals surface area contributed by atoms with E-state index in [0.29, 0.717) is 18.0 Å². The number of benzene rings is 1. The fourth-order valence-corrected chi connectivity index (χ4v) is 0.874. The van der Waals surface area contributed by atoms with Gasteiger partial charge in [0.1, 0.15) is 5.75 Å². The van der Waals surface area contributed by atoms with E-state index in [0.717, 1.165) is 0 Å². The summed E-state index contributed by atoms with van der Waals surface area (Å²) in [4.78, 5) is 10.4. The maximum Gasteiger partial charge on any atom is 0.220 e. The molecule has 0 aliphatic carbocycles. The van der Waals surface area contributed by atoms with E-state index < -0.39 is 0 Å². The lowest BCUT2D eigenvalue weighted by atomic mass is 10.3. The Kier molecular flexibility index (Phi) is 3.14. The highest BCUT2D eigenvalue weighted by Crippen LogP contribution is 2.14. The zero-order chi connectivity index (χ0) is 9.68. The minimum absolute atomic E-state index is 0.217. The van der Waals surface area contributed by atoms with Crippen molar-refractivity contribution >= 4 is 11.6 Å². The number of carbonyl (C=O) groups is 1. The molecule has 0 spiro atoms. The average Bonchev–Trinajstić information content (AvgIpc) is 2.03. The van der Waals surface area contributed by atoms with Crippen LogP contribution in [0, 0.1) is 0 Å². The SMILES string of the molecule is NC(=O)CCOc1cccc(N)c1. The van der Waals surface area contributed by atoms with Gasteiger partial charge in [-0.1, -0.05) is 6.07 Å². The lowest BCUT2D eigenvalue weighted by Gasteiger charge is -2.04. The Bertz CT molecular complexity index is 299. The maximum atomic E-state index is 10.4. The van der Waals surface area contributed by atoms with Gasteiger partial charge in [-0.05, 0) is 12.1 Å².